The lowest BCUT2D eigenvalue weighted by Crippen LogP contribution is -1.97. The molecule has 0 amide bonds. The van der Waals surface area contributed by atoms with E-state index in [0.717, 1.165) is 17.1 Å². The summed E-state index contributed by atoms with van der Waals surface area (Å²) in [5.74, 6) is 0.778. The number of halogens is 1. The van der Waals surface area contributed by atoms with Gasteiger partial charge in [0.15, 0.2) is 0 Å². The van der Waals surface area contributed by atoms with Gasteiger partial charge in [0.05, 0.1) is 18.4 Å². The molecular formula is C10H10ClN3. The van der Waals surface area contributed by atoms with Crippen molar-refractivity contribution in [1.82, 2.24) is 9.97 Å². The molecule has 72 valence electrons. The molecule has 0 unspecified atom stereocenters. The molecule has 1 heterocycles. The Hall–Kier alpha value is -1.32. The van der Waals surface area contributed by atoms with Gasteiger partial charge in [-0.2, -0.15) is 0 Å². The average Bonchev–Trinajstić information content (AvgIpc) is 2.66. The lowest BCUT2D eigenvalue weighted by atomic mass is 10.2. The van der Waals surface area contributed by atoms with Crippen molar-refractivity contribution in [3.63, 3.8) is 0 Å². The predicted octanol–water partition coefficient (Wildman–Crippen LogP) is 2.19. The Bertz CT molecular complexity index is 436. The van der Waals surface area contributed by atoms with Crippen molar-refractivity contribution in [2.75, 3.05) is 0 Å². The zero-order valence-electron chi connectivity index (χ0n) is 7.50. The first kappa shape index (κ1) is 9.24. The van der Waals surface area contributed by atoms with Crippen LogP contribution in [0.2, 0.25) is 5.02 Å². The Balaban J connectivity index is 2.39. The number of aromatic nitrogens is 2. The SMILES string of the molecule is NCc1ncc(-c2cccc(Cl)c2)[nH]1. The van der Waals surface area contributed by atoms with Crippen LogP contribution in [0.1, 0.15) is 5.82 Å². The molecule has 0 saturated carbocycles. The van der Waals surface area contributed by atoms with Crippen LogP contribution in [0.5, 0.6) is 0 Å². The number of hydrogen-bond donors (Lipinski definition) is 2. The van der Waals surface area contributed by atoms with Crippen LogP contribution >= 0.6 is 11.6 Å². The van der Waals surface area contributed by atoms with Gasteiger partial charge in [-0.3, -0.25) is 0 Å². The molecule has 0 aliphatic rings. The molecule has 0 spiro atoms. The molecule has 3 N–H and O–H groups in total. The zero-order chi connectivity index (χ0) is 9.97. The number of imidazole rings is 1. The molecule has 14 heavy (non-hydrogen) atoms. The van der Waals surface area contributed by atoms with E-state index >= 15 is 0 Å². The van der Waals surface area contributed by atoms with Crippen LogP contribution in [0.4, 0.5) is 0 Å². The van der Waals surface area contributed by atoms with E-state index < -0.39 is 0 Å². The molecule has 1 aromatic carbocycles. The molecule has 0 radical (unpaired) electrons. The molecule has 2 aromatic rings. The summed E-state index contributed by atoms with van der Waals surface area (Å²) in [5.41, 5.74) is 7.41. The topological polar surface area (TPSA) is 54.7 Å². The Morgan fingerprint density at radius 1 is 1.43 bits per heavy atom. The third kappa shape index (κ3) is 1.78. The summed E-state index contributed by atoms with van der Waals surface area (Å²) < 4.78 is 0. The maximum atomic E-state index is 5.88. The van der Waals surface area contributed by atoms with Crippen molar-refractivity contribution in [3.05, 3.63) is 41.3 Å². The van der Waals surface area contributed by atoms with Crippen LogP contribution in [-0.4, -0.2) is 9.97 Å². The van der Waals surface area contributed by atoms with E-state index in [1.165, 1.54) is 0 Å². The monoisotopic (exact) mass is 207 g/mol. The van der Waals surface area contributed by atoms with Crippen LogP contribution in [0.25, 0.3) is 11.3 Å². The lowest BCUT2D eigenvalue weighted by molar-refractivity contribution is 0.950. The maximum Gasteiger partial charge on any atom is 0.120 e. The van der Waals surface area contributed by atoms with Crippen molar-refractivity contribution in [1.29, 1.82) is 0 Å². The Morgan fingerprint density at radius 2 is 2.29 bits per heavy atom. The van der Waals surface area contributed by atoms with Crippen LogP contribution in [0.3, 0.4) is 0 Å². The third-order valence-corrected chi connectivity index (χ3v) is 2.19. The highest BCUT2D eigenvalue weighted by molar-refractivity contribution is 6.30. The van der Waals surface area contributed by atoms with Crippen molar-refractivity contribution in [2.45, 2.75) is 6.54 Å². The minimum atomic E-state index is 0.417. The second-order valence-corrected chi connectivity index (χ2v) is 3.39. The van der Waals surface area contributed by atoms with E-state index in [0.29, 0.717) is 11.6 Å². The number of aromatic amines is 1. The van der Waals surface area contributed by atoms with E-state index in [-0.39, 0.29) is 0 Å². The summed E-state index contributed by atoms with van der Waals surface area (Å²) in [5, 5.41) is 0.714. The van der Waals surface area contributed by atoms with E-state index in [1.807, 2.05) is 24.3 Å². The van der Waals surface area contributed by atoms with Gasteiger partial charge in [-0.1, -0.05) is 23.7 Å². The van der Waals surface area contributed by atoms with Gasteiger partial charge < -0.3 is 10.7 Å². The predicted molar refractivity (Wildman–Crippen MR) is 56.9 cm³/mol. The first-order valence-electron chi connectivity index (χ1n) is 4.29. The van der Waals surface area contributed by atoms with Gasteiger partial charge in [0, 0.05) is 10.6 Å². The molecule has 0 aliphatic carbocycles. The normalized spacial score (nSPS) is 10.4. The standard InChI is InChI=1S/C10H10ClN3/c11-8-3-1-2-7(4-8)9-6-13-10(5-12)14-9/h1-4,6H,5,12H2,(H,13,14). The first-order chi connectivity index (χ1) is 6.79. The van der Waals surface area contributed by atoms with Gasteiger partial charge in [-0.15, -0.1) is 0 Å². The van der Waals surface area contributed by atoms with Crippen molar-refractivity contribution in [3.8, 4) is 11.3 Å². The largest absolute Gasteiger partial charge is 0.341 e. The highest BCUT2D eigenvalue weighted by Gasteiger charge is 2.01. The molecule has 4 heteroatoms. The van der Waals surface area contributed by atoms with Gasteiger partial charge in [0.2, 0.25) is 0 Å². The number of H-pyrrole nitrogens is 1. The van der Waals surface area contributed by atoms with Gasteiger partial charge in [-0.05, 0) is 12.1 Å². The van der Waals surface area contributed by atoms with Gasteiger partial charge in [-0.25, -0.2) is 4.98 Å². The molecule has 3 nitrogen and oxygen atoms in total. The molecule has 0 atom stereocenters. The van der Waals surface area contributed by atoms with Crippen LogP contribution < -0.4 is 5.73 Å². The molecule has 0 aliphatic heterocycles. The van der Waals surface area contributed by atoms with E-state index in [9.17, 15) is 0 Å². The Morgan fingerprint density at radius 3 is 2.93 bits per heavy atom. The van der Waals surface area contributed by atoms with Crippen LogP contribution in [-0.2, 0) is 6.54 Å². The zero-order valence-corrected chi connectivity index (χ0v) is 8.25. The second-order valence-electron chi connectivity index (χ2n) is 2.96. The number of nitrogens with two attached hydrogens (primary N) is 1. The van der Waals surface area contributed by atoms with E-state index in [1.54, 1.807) is 6.20 Å². The highest BCUT2D eigenvalue weighted by atomic mass is 35.5. The van der Waals surface area contributed by atoms with Crippen LogP contribution in [0.15, 0.2) is 30.5 Å². The summed E-state index contributed by atoms with van der Waals surface area (Å²) in [4.78, 5) is 7.23. The second kappa shape index (κ2) is 3.82. The summed E-state index contributed by atoms with van der Waals surface area (Å²) >= 11 is 5.88. The molecular weight excluding hydrogens is 198 g/mol. The van der Waals surface area contributed by atoms with E-state index in [4.69, 9.17) is 17.3 Å². The minimum absolute atomic E-state index is 0.417. The van der Waals surface area contributed by atoms with E-state index in [2.05, 4.69) is 9.97 Å². The summed E-state index contributed by atoms with van der Waals surface area (Å²) in [6.45, 7) is 0.417. The first-order valence-corrected chi connectivity index (χ1v) is 4.67. The molecule has 2 rings (SSSR count). The minimum Gasteiger partial charge on any atom is -0.341 e. The molecule has 0 saturated heterocycles. The lowest BCUT2D eigenvalue weighted by Gasteiger charge is -1.97. The Kier molecular flexibility index (Phi) is 2.52. The van der Waals surface area contributed by atoms with Gasteiger partial charge in [0.25, 0.3) is 0 Å². The molecule has 1 aromatic heterocycles. The molecule has 0 bridgehead atoms. The number of nitrogens with zero attached hydrogens (tertiary/aromatic N) is 1. The van der Waals surface area contributed by atoms with Crippen molar-refractivity contribution >= 4 is 11.6 Å². The van der Waals surface area contributed by atoms with Crippen LogP contribution in [0, 0.1) is 0 Å². The summed E-state index contributed by atoms with van der Waals surface area (Å²) in [6, 6.07) is 7.60. The third-order valence-electron chi connectivity index (χ3n) is 1.96. The van der Waals surface area contributed by atoms with Gasteiger partial charge >= 0.3 is 0 Å². The number of rotatable bonds is 2. The average molecular weight is 208 g/mol. The van der Waals surface area contributed by atoms with Gasteiger partial charge in [0.1, 0.15) is 5.82 Å². The number of nitrogens with one attached hydrogen (secondary N) is 1. The fourth-order valence-corrected chi connectivity index (χ4v) is 1.46. The summed E-state index contributed by atoms with van der Waals surface area (Å²) in [7, 11) is 0. The number of hydrogen-bond acceptors (Lipinski definition) is 2. The fraction of sp³-hybridized carbons (Fsp3) is 0.100. The quantitative estimate of drug-likeness (QED) is 0.793. The van der Waals surface area contributed by atoms with Crippen molar-refractivity contribution in [2.24, 2.45) is 5.73 Å². The van der Waals surface area contributed by atoms with Crippen molar-refractivity contribution < 1.29 is 0 Å². The maximum absolute atomic E-state index is 5.88. The smallest absolute Gasteiger partial charge is 0.120 e. The highest BCUT2D eigenvalue weighted by Crippen LogP contribution is 2.20. The number of benzene rings is 1. The Labute approximate surface area is 86.9 Å². The summed E-state index contributed by atoms with van der Waals surface area (Å²) in [6.07, 6.45) is 1.76. The fourth-order valence-electron chi connectivity index (χ4n) is 1.27. The molecule has 0 fully saturated rings.